The van der Waals surface area contributed by atoms with Crippen molar-refractivity contribution in [1.82, 2.24) is 5.32 Å². The SMILES string of the molecule is COCCNCC1OC(OC)C2OC(C)(C)OC12. The first-order valence-corrected chi connectivity index (χ1v) is 6.31. The number of fused-ring (bicyclic) bond motifs is 1. The molecule has 0 aromatic carbocycles. The van der Waals surface area contributed by atoms with Gasteiger partial charge < -0.3 is 29.0 Å². The maximum atomic E-state index is 5.88. The fraction of sp³-hybridized carbons (Fsp3) is 1.00. The van der Waals surface area contributed by atoms with Crippen LogP contribution < -0.4 is 5.32 Å². The zero-order chi connectivity index (χ0) is 13.2. The van der Waals surface area contributed by atoms with E-state index in [1.807, 2.05) is 13.8 Å². The van der Waals surface area contributed by atoms with Crippen molar-refractivity contribution in [2.45, 2.75) is 44.2 Å². The Bertz CT molecular complexity index is 273. The first-order chi connectivity index (χ1) is 8.57. The summed E-state index contributed by atoms with van der Waals surface area (Å²) >= 11 is 0. The summed E-state index contributed by atoms with van der Waals surface area (Å²) in [4.78, 5) is 0. The van der Waals surface area contributed by atoms with Crippen LogP contribution >= 0.6 is 0 Å². The topological polar surface area (TPSA) is 58.2 Å². The summed E-state index contributed by atoms with van der Waals surface area (Å²) in [6.07, 6.45) is -0.649. The zero-order valence-corrected chi connectivity index (χ0v) is 11.5. The van der Waals surface area contributed by atoms with Gasteiger partial charge in [0.1, 0.15) is 18.3 Å². The molecule has 18 heavy (non-hydrogen) atoms. The van der Waals surface area contributed by atoms with Crippen molar-refractivity contribution in [3.8, 4) is 0 Å². The number of methoxy groups -OCH3 is 2. The van der Waals surface area contributed by atoms with E-state index in [1.165, 1.54) is 0 Å². The van der Waals surface area contributed by atoms with Gasteiger partial charge in [-0.3, -0.25) is 0 Å². The molecule has 0 amide bonds. The molecule has 6 heteroatoms. The van der Waals surface area contributed by atoms with Crippen LogP contribution in [0.15, 0.2) is 0 Å². The standard InChI is InChI=1S/C12H23NO5/c1-12(2)17-9-8(7-13-5-6-14-3)16-11(15-4)10(9)18-12/h8-11,13H,5-7H2,1-4H3. The van der Waals surface area contributed by atoms with Gasteiger partial charge in [-0.05, 0) is 13.8 Å². The Morgan fingerprint density at radius 1 is 1.17 bits per heavy atom. The van der Waals surface area contributed by atoms with Gasteiger partial charge in [-0.2, -0.15) is 0 Å². The lowest BCUT2D eigenvalue weighted by Crippen LogP contribution is -2.38. The molecule has 0 spiro atoms. The van der Waals surface area contributed by atoms with E-state index < -0.39 is 5.79 Å². The molecule has 0 aromatic rings. The predicted molar refractivity (Wildman–Crippen MR) is 64.2 cm³/mol. The van der Waals surface area contributed by atoms with Crippen molar-refractivity contribution in [3.63, 3.8) is 0 Å². The van der Waals surface area contributed by atoms with Gasteiger partial charge in [0.25, 0.3) is 0 Å². The molecule has 0 radical (unpaired) electrons. The molecule has 6 nitrogen and oxygen atoms in total. The van der Waals surface area contributed by atoms with Crippen LogP contribution in [0.2, 0.25) is 0 Å². The third-order valence-electron chi connectivity index (χ3n) is 3.17. The van der Waals surface area contributed by atoms with Crippen molar-refractivity contribution in [2.75, 3.05) is 33.9 Å². The summed E-state index contributed by atoms with van der Waals surface area (Å²) in [5, 5.41) is 3.27. The summed E-state index contributed by atoms with van der Waals surface area (Å²) in [5.74, 6) is -0.569. The van der Waals surface area contributed by atoms with Gasteiger partial charge in [0.2, 0.25) is 0 Å². The monoisotopic (exact) mass is 261 g/mol. The average Bonchev–Trinajstić information content (AvgIpc) is 2.78. The van der Waals surface area contributed by atoms with Gasteiger partial charge in [-0.15, -0.1) is 0 Å². The second-order valence-corrected chi connectivity index (χ2v) is 5.04. The molecule has 2 rings (SSSR count). The van der Waals surface area contributed by atoms with Gasteiger partial charge >= 0.3 is 0 Å². The lowest BCUT2D eigenvalue weighted by molar-refractivity contribution is -0.226. The van der Waals surface area contributed by atoms with Crippen LogP contribution in [0.25, 0.3) is 0 Å². The second kappa shape index (κ2) is 5.81. The lowest BCUT2D eigenvalue weighted by Gasteiger charge is -2.23. The Kier molecular flexibility index (Phi) is 4.58. The van der Waals surface area contributed by atoms with Crippen LogP contribution in [-0.4, -0.2) is 64.3 Å². The number of nitrogens with one attached hydrogen (secondary N) is 1. The third-order valence-corrected chi connectivity index (χ3v) is 3.17. The van der Waals surface area contributed by atoms with E-state index in [9.17, 15) is 0 Å². The predicted octanol–water partition coefficient (Wildman–Crippen LogP) is 0.114. The van der Waals surface area contributed by atoms with Crippen LogP contribution in [0.3, 0.4) is 0 Å². The highest BCUT2D eigenvalue weighted by molar-refractivity contribution is 4.95. The smallest absolute Gasteiger partial charge is 0.186 e. The van der Waals surface area contributed by atoms with Crippen molar-refractivity contribution in [3.05, 3.63) is 0 Å². The van der Waals surface area contributed by atoms with Crippen LogP contribution in [0, 0.1) is 0 Å². The van der Waals surface area contributed by atoms with E-state index in [2.05, 4.69) is 5.32 Å². The fourth-order valence-corrected chi connectivity index (χ4v) is 2.41. The van der Waals surface area contributed by atoms with E-state index >= 15 is 0 Å². The maximum Gasteiger partial charge on any atom is 0.186 e. The molecule has 2 saturated heterocycles. The minimum atomic E-state index is -0.569. The summed E-state index contributed by atoms with van der Waals surface area (Å²) < 4.78 is 27.7. The molecule has 4 atom stereocenters. The first kappa shape index (κ1) is 14.2. The van der Waals surface area contributed by atoms with E-state index in [0.717, 1.165) is 6.54 Å². The Morgan fingerprint density at radius 3 is 2.56 bits per heavy atom. The van der Waals surface area contributed by atoms with Gasteiger partial charge in [-0.25, -0.2) is 0 Å². The molecule has 0 aromatic heterocycles. The van der Waals surface area contributed by atoms with Crippen molar-refractivity contribution < 1.29 is 23.7 Å². The third kappa shape index (κ3) is 3.01. The van der Waals surface area contributed by atoms with Crippen LogP contribution in [0.1, 0.15) is 13.8 Å². The maximum absolute atomic E-state index is 5.88. The summed E-state index contributed by atoms with van der Waals surface area (Å²) in [6.45, 7) is 5.98. The van der Waals surface area contributed by atoms with E-state index in [4.69, 9.17) is 23.7 Å². The molecular formula is C12H23NO5. The highest BCUT2D eigenvalue weighted by Gasteiger charge is 2.55. The summed E-state index contributed by atoms with van der Waals surface area (Å²) in [7, 11) is 3.30. The van der Waals surface area contributed by atoms with E-state index in [-0.39, 0.29) is 24.6 Å². The molecule has 2 aliphatic heterocycles. The van der Waals surface area contributed by atoms with Crippen LogP contribution in [0.4, 0.5) is 0 Å². The Morgan fingerprint density at radius 2 is 1.89 bits per heavy atom. The van der Waals surface area contributed by atoms with E-state index in [0.29, 0.717) is 13.2 Å². The van der Waals surface area contributed by atoms with Gasteiger partial charge in [-0.1, -0.05) is 0 Å². The van der Waals surface area contributed by atoms with Crippen LogP contribution in [0.5, 0.6) is 0 Å². The number of hydrogen-bond acceptors (Lipinski definition) is 6. The lowest BCUT2D eigenvalue weighted by atomic mass is 10.1. The molecule has 2 heterocycles. The zero-order valence-electron chi connectivity index (χ0n) is 11.5. The van der Waals surface area contributed by atoms with Crippen LogP contribution in [-0.2, 0) is 23.7 Å². The fourth-order valence-electron chi connectivity index (χ4n) is 2.41. The number of rotatable bonds is 6. The summed E-state index contributed by atoms with van der Waals surface area (Å²) in [5.41, 5.74) is 0. The quantitative estimate of drug-likeness (QED) is 0.685. The Labute approximate surface area is 108 Å². The molecule has 2 fully saturated rings. The normalized spacial score (nSPS) is 38.0. The molecule has 0 saturated carbocycles. The molecule has 0 bridgehead atoms. The second-order valence-electron chi connectivity index (χ2n) is 5.04. The van der Waals surface area contributed by atoms with Crippen molar-refractivity contribution in [1.29, 1.82) is 0 Å². The summed E-state index contributed by atoms with van der Waals surface area (Å²) in [6, 6.07) is 0. The molecule has 0 aliphatic carbocycles. The Hall–Kier alpha value is -0.240. The minimum Gasteiger partial charge on any atom is -0.383 e. The molecule has 2 aliphatic rings. The molecule has 106 valence electrons. The molecule has 1 N–H and O–H groups in total. The highest BCUT2D eigenvalue weighted by Crippen LogP contribution is 2.38. The van der Waals surface area contributed by atoms with Crippen molar-refractivity contribution in [2.24, 2.45) is 0 Å². The minimum absolute atomic E-state index is 0.0569. The average molecular weight is 261 g/mol. The molecule has 4 unspecified atom stereocenters. The highest BCUT2D eigenvalue weighted by atomic mass is 16.8. The van der Waals surface area contributed by atoms with E-state index in [1.54, 1.807) is 14.2 Å². The largest absolute Gasteiger partial charge is 0.383 e. The number of ether oxygens (including phenoxy) is 5. The van der Waals surface area contributed by atoms with Gasteiger partial charge in [0, 0.05) is 27.3 Å². The van der Waals surface area contributed by atoms with Gasteiger partial charge in [0.15, 0.2) is 12.1 Å². The number of hydrogen-bond donors (Lipinski definition) is 1. The van der Waals surface area contributed by atoms with Gasteiger partial charge in [0.05, 0.1) is 6.61 Å². The van der Waals surface area contributed by atoms with Crippen molar-refractivity contribution >= 4 is 0 Å². The Balaban J connectivity index is 1.88. The molecular weight excluding hydrogens is 238 g/mol. The first-order valence-electron chi connectivity index (χ1n) is 6.31.